The molecule has 0 atom stereocenters. The van der Waals surface area contributed by atoms with Gasteiger partial charge in [-0.2, -0.15) is 0 Å². The number of nitrogens with zero attached hydrogens (tertiary/aromatic N) is 2. The molecule has 17 heavy (non-hydrogen) atoms. The lowest BCUT2D eigenvalue weighted by atomic mass is 10.2. The summed E-state index contributed by atoms with van der Waals surface area (Å²) in [6.07, 6.45) is 0. The van der Waals surface area contributed by atoms with Gasteiger partial charge in [-0.3, -0.25) is 9.89 Å². The number of aliphatic imine (C=N–C) groups is 1. The number of nitrogens with one attached hydrogen (secondary N) is 1. The highest BCUT2D eigenvalue weighted by Crippen LogP contribution is 2.00. The first-order chi connectivity index (χ1) is 7.73. The summed E-state index contributed by atoms with van der Waals surface area (Å²) < 4.78 is 2.34. The summed E-state index contributed by atoms with van der Waals surface area (Å²) in [5.74, 6) is 1.64. The Bertz CT molecular complexity index is 282. The quantitative estimate of drug-likeness (QED) is 0.457. The second kappa shape index (κ2) is 7.46. The largest absolute Gasteiger partial charge is 0.387 e. The van der Waals surface area contributed by atoms with E-state index in [4.69, 9.17) is 0 Å². The normalized spacial score (nSPS) is 13.1. The summed E-state index contributed by atoms with van der Waals surface area (Å²) >= 11 is 0. The van der Waals surface area contributed by atoms with Crippen LogP contribution in [0, 0.1) is 5.92 Å². The smallest absolute Gasteiger partial charge is 0.273 e. The van der Waals surface area contributed by atoms with Gasteiger partial charge in [-0.05, 0) is 47.5 Å². The molecular weight excluding hydrogens is 210 g/mol. The highest BCUT2D eigenvalue weighted by atomic mass is 15.2. The highest BCUT2D eigenvalue weighted by molar-refractivity contribution is 5.92. The minimum absolute atomic E-state index is 0.404. The van der Waals surface area contributed by atoms with Crippen molar-refractivity contribution in [2.75, 3.05) is 6.54 Å². The molecule has 3 heteroatoms. The van der Waals surface area contributed by atoms with Gasteiger partial charge < -0.3 is 0 Å². The topological polar surface area (TPSA) is 27.4 Å². The predicted octanol–water partition coefficient (Wildman–Crippen LogP) is 2.90. The van der Waals surface area contributed by atoms with E-state index in [1.54, 1.807) is 0 Å². The molecule has 0 spiro atoms. The Kier molecular flexibility index (Phi) is 7.09. The SMILES string of the molecule is CC(C)=NC(NC(C)C)=[N+](CC(C)C)C(C)C. The van der Waals surface area contributed by atoms with Crippen molar-refractivity contribution >= 4 is 11.7 Å². The van der Waals surface area contributed by atoms with Crippen molar-refractivity contribution in [1.29, 1.82) is 0 Å². The van der Waals surface area contributed by atoms with Crippen LogP contribution in [-0.4, -0.2) is 34.9 Å². The first kappa shape index (κ1) is 16.1. The number of guanidine groups is 1. The van der Waals surface area contributed by atoms with Gasteiger partial charge in [0.1, 0.15) is 0 Å². The van der Waals surface area contributed by atoms with Gasteiger partial charge >= 0.3 is 5.96 Å². The van der Waals surface area contributed by atoms with Gasteiger partial charge in [-0.25, -0.2) is 0 Å². The van der Waals surface area contributed by atoms with Crippen LogP contribution in [0.25, 0.3) is 0 Å². The Hall–Kier alpha value is -0.860. The molecule has 0 saturated heterocycles. The molecule has 0 aliphatic rings. The highest BCUT2D eigenvalue weighted by Gasteiger charge is 2.18. The molecule has 0 aromatic heterocycles. The van der Waals surface area contributed by atoms with Gasteiger partial charge in [-0.1, -0.05) is 18.8 Å². The zero-order chi connectivity index (χ0) is 13.6. The molecule has 0 heterocycles. The first-order valence-corrected chi connectivity index (χ1v) is 6.66. The molecule has 0 aliphatic heterocycles. The zero-order valence-corrected chi connectivity index (χ0v) is 12.8. The van der Waals surface area contributed by atoms with E-state index in [2.05, 4.69) is 56.4 Å². The van der Waals surface area contributed by atoms with E-state index in [0.29, 0.717) is 18.0 Å². The Morgan fingerprint density at radius 1 is 1.06 bits per heavy atom. The molecule has 3 nitrogen and oxygen atoms in total. The van der Waals surface area contributed by atoms with E-state index in [1.807, 2.05) is 13.8 Å². The monoisotopic (exact) mass is 240 g/mol. The van der Waals surface area contributed by atoms with E-state index < -0.39 is 0 Å². The fourth-order valence-electron chi connectivity index (χ4n) is 1.58. The molecular formula is C14H30N3+. The summed E-state index contributed by atoms with van der Waals surface area (Å²) in [6.45, 7) is 18.3. The van der Waals surface area contributed by atoms with Crippen molar-refractivity contribution in [1.82, 2.24) is 5.32 Å². The molecule has 0 aromatic rings. The molecule has 1 N–H and O–H groups in total. The number of hydrogen-bond donors (Lipinski definition) is 1. The Balaban J connectivity index is 5.30. The predicted molar refractivity (Wildman–Crippen MR) is 77.2 cm³/mol. The van der Waals surface area contributed by atoms with Gasteiger partial charge in [-0.15, -0.1) is 0 Å². The van der Waals surface area contributed by atoms with Crippen molar-refractivity contribution < 1.29 is 4.58 Å². The van der Waals surface area contributed by atoms with Crippen molar-refractivity contribution in [3.63, 3.8) is 0 Å². The summed E-state index contributed by atoms with van der Waals surface area (Å²) in [4.78, 5) is 4.64. The average Bonchev–Trinajstić information content (AvgIpc) is 2.10. The van der Waals surface area contributed by atoms with Gasteiger partial charge in [0.15, 0.2) is 0 Å². The minimum Gasteiger partial charge on any atom is -0.273 e. The fraction of sp³-hybridized carbons (Fsp3) is 0.857. The van der Waals surface area contributed by atoms with Crippen LogP contribution >= 0.6 is 0 Å². The van der Waals surface area contributed by atoms with Crippen LogP contribution in [0.4, 0.5) is 0 Å². The van der Waals surface area contributed by atoms with E-state index >= 15 is 0 Å². The molecule has 0 saturated carbocycles. The van der Waals surface area contributed by atoms with Crippen LogP contribution < -0.4 is 5.32 Å². The molecule has 0 bridgehead atoms. The summed E-state index contributed by atoms with van der Waals surface area (Å²) in [5, 5.41) is 3.45. The Labute approximate surface area is 107 Å². The lowest BCUT2D eigenvalue weighted by Gasteiger charge is -2.17. The maximum atomic E-state index is 4.64. The third kappa shape index (κ3) is 7.14. The molecule has 0 amide bonds. The second-order valence-electron chi connectivity index (χ2n) is 5.82. The summed E-state index contributed by atoms with van der Waals surface area (Å²) in [5.41, 5.74) is 1.09. The number of hydrogen-bond acceptors (Lipinski definition) is 0. The van der Waals surface area contributed by atoms with Crippen LogP contribution in [0.5, 0.6) is 0 Å². The summed E-state index contributed by atoms with van der Waals surface area (Å²) in [7, 11) is 0. The summed E-state index contributed by atoms with van der Waals surface area (Å²) in [6, 6.07) is 0.864. The van der Waals surface area contributed by atoms with Crippen molar-refractivity contribution in [3.05, 3.63) is 0 Å². The fourth-order valence-corrected chi connectivity index (χ4v) is 1.58. The lowest BCUT2D eigenvalue weighted by Crippen LogP contribution is -2.41. The van der Waals surface area contributed by atoms with Crippen molar-refractivity contribution in [2.45, 2.75) is 67.5 Å². The van der Waals surface area contributed by atoms with Gasteiger partial charge in [0.05, 0.1) is 24.3 Å². The minimum atomic E-state index is 0.404. The van der Waals surface area contributed by atoms with E-state index in [0.717, 1.165) is 18.2 Å². The zero-order valence-electron chi connectivity index (χ0n) is 12.8. The Morgan fingerprint density at radius 2 is 1.59 bits per heavy atom. The maximum Gasteiger partial charge on any atom is 0.387 e. The van der Waals surface area contributed by atoms with Crippen LogP contribution in [0.15, 0.2) is 4.99 Å². The average molecular weight is 240 g/mol. The second-order valence-corrected chi connectivity index (χ2v) is 5.82. The molecule has 0 aromatic carbocycles. The maximum absolute atomic E-state index is 4.64. The van der Waals surface area contributed by atoms with Gasteiger partial charge in [0, 0.05) is 0 Å². The number of rotatable bonds is 4. The molecule has 0 radical (unpaired) electrons. The van der Waals surface area contributed by atoms with Gasteiger partial charge in [0.2, 0.25) is 0 Å². The van der Waals surface area contributed by atoms with Crippen molar-refractivity contribution in [2.24, 2.45) is 10.9 Å². The van der Waals surface area contributed by atoms with Crippen LogP contribution in [0.1, 0.15) is 55.4 Å². The first-order valence-electron chi connectivity index (χ1n) is 6.66. The van der Waals surface area contributed by atoms with E-state index in [-0.39, 0.29) is 0 Å². The van der Waals surface area contributed by atoms with Crippen molar-refractivity contribution in [3.8, 4) is 0 Å². The molecule has 0 fully saturated rings. The van der Waals surface area contributed by atoms with Gasteiger partial charge in [0.25, 0.3) is 0 Å². The van der Waals surface area contributed by atoms with Crippen LogP contribution in [0.3, 0.4) is 0 Å². The molecule has 100 valence electrons. The Morgan fingerprint density at radius 3 is 1.88 bits per heavy atom. The standard InChI is InChI=1S/C14H29N3/c1-10(2)9-17(13(7)8)14(15-11(3)4)16-12(5)6/h10-11,13H,9H2,1-8H3/p+1. The van der Waals surface area contributed by atoms with Crippen LogP contribution in [-0.2, 0) is 0 Å². The lowest BCUT2D eigenvalue weighted by molar-refractivity contribution is -0.566. The van der Waals surface area contributed by atoms with E-state index in [9.17, 15) is 0 Å². The molecule has 0 aliphatic carbocycles. The molecule has 0 rings (SSSR count). The third-order valence-electron chi connectivity index (χ3n) is 2.20. The van der Waals surface area contributed by atoms with Crippen LogP contribution in [0.2, 0.25) is 0 Å². The van der Waals surface area contributed by atoms with E-state index in [1.165, 1.54) is 0 Å². The molecule has 0 unspecified atom stereocenters. The third-order valence-corrected chi connectivity index (χ3v) is 2.20.